The molecule has 110 valence electrons. The maximum Gasteiger partial charge on any atom is 0.279 e. The van der Waals surface area contributed by atoms with Gasteiger partial charge >= 0.3 is 0 Å². The average molecular weight is 286 g/mol. The van der Waals surface area contributed by atoms with E-state index in [9.17, 15) is 9.59 Å². The lowest BCUT2D eigenvalue weighted by Crippen LogP contribution is -2.37. The first-order chi connectivity index (χ1) is 9.97. The molecule has 0 radical (unpaired) electrons. The van der Waals surface area contributed by atoms with Crippen molar-refractivity contribution in [2.75, 3.05) is 0 Å². The molecule has 2 aromatic rings. The minimum absolute atomic E-state index is 0.00988. The van der Waals surface area contributed by atoms with Crippen LogP contribution in [0.4, 0.5) is 0 Å². The van der Waals surface area contributed by atoms with Crippen molar-refractivity contribution in [3.63, 3.8) is 0 Å². The molecule has 6 heteroatoms. The summed E-state index contributed by atoms with van der Waals surface area (Å²) in [4.78, 5) is 23.9. The van der Waals surface area contributed by atoms with Crippen molar-refractivity contribution in [1.82, 2.24) is 15.2 Å². The predicted octanol–water partition coefficient (Wildman–Crippen LogP) is 1.15. The van der Waals surface area contributed by atoms with Crippen LogP contribution in [0.5, 0.6) is 0 Å². The molecule has 0 spiro atoms. The van der Waals surface area contributed by atoms with Gasteiger partial charge in [0.25, 0.3) is 11.5 Å². The van der Waals surface area contributed by atoms with E-state index < -0.39 is 11.5 Å². The van der Waals surface area contributed by atoms with Crippen molar-refractivity contribution in [2.45, 2.75) is 27.3 Å². The lowest BCUT2D eigenvalue weighted by Gasteiger charge is -2.11. The summed E-state index contributed by atoms with van der Waals surface area (Å²) >= 11 is 0. The number of aromatic nitrogens is 2. The van der Waals surface area contributed by atoms with Crippen molar-refractivity contribution in [2.24, 2.45) is 5.84 Å². The number of aryl methyl sites for hydroxylation is 3. The Labute approximate surface area is 122 Å². The van der Waals surface area contributed by atoms with Crippen LogP contribution in [0.1, 0.15) is 28.4 Å². The number of hydrogen-bond acceptors (Lipinski definition) is 4. The predicted molar refractivity (Wildman–Crippen MR) is 80.7 cm³/mol. The van der Waals surface area contributed by atoms with Gasteiger partial charge in [0.2, 0.25) is 0 Å². The van der Waals surface area contributed by atoms with E-state index in [-0.39, 0.29) is 5.56 Å². The SMILES string of the molecule is CCn1nc(-c2ccc(C)cc2C)cc(C(=O)NN)c1=O. The summed E-state index contributed by atoms with van der Waals surface area (Å²) in [6.07, 6.45) is 0. The third-order valence-electron chi connectivity index (χ3n) is 3.31. The Balaban J connectivity index is 2.69. The fraction of sp³-hybridized carbons (Fsp3) is 0.267. The highest BCUT2D eigenvalue weighted by molar-refractivity contribution is 5.94. The van der Waals surface area contributed by atoms with Crippen molar-refractivity contribution in [1.29, 1.82) is 0 Å². The molecule has 2 rings (SSSR count). The Bertz CT molecular complexity index is 750. The topological polar surface area (TPSA) is 90.0 Å². The number of hydrogen-bond donors (Lipinski definition) is 2. The number of nitrogens with two attached hydrogens (primary N) is 1. The average Bonchev–Trinajstić information content (AvgIpc) is 2.47. The van der Waals surface area contributed by atoms with Crippen molar-refractivity contribution >= 4 is 5.91 Å². The van der Waals surface area contributed by atoms with Crippen LogP contribution in [-0.4, -0.2) is 15.7 Å². The van der Waals surface area contributed by atoms with Gasteiger partial charge in [0.1, 0.15) is 5.56 Å². The molecule has 1 aromatic carbocycles. The zero-order valence-corrected chi connectivity index (χ0v) is 12.3. The smallest absolute Gasteiger partial charge is 0.279 e. The molecule has 1 heterocycles. The molecule has 0 saturated carbocycles. The standard InChI is InChI=1S/C15H18N4O2/c1-4-19-15(21)12(14(20)17-16)8-13(18-19)11-6-5-9(2)7-10(11)3/h5-8H,4,16H2,1-3H3,(H,17,20). The number of rotatable bonds is 3. The third kappa shape index (κ3) is 2.85. The molecule has 0 saturated heterocycles. The lowest BCUT2D eigenvalue weighted by atomic mass is 10.0. The van der Waals surface area contributed by atoms with Crippen LogP contribution in [0.15, 0.2) is 29.1 Å². The van der Waals surface area contributed by atoms with Gasteiger partial charge in [0.05, 0.1) is 5.69 Å². The van der Waals surface area contributed by atoms with Crippen molar-refractivity contribution in [3.8, 4) is 11.3 Å². The summed E-state index contributed by atoms with van der Waals surface area (Å²) in [5.74, 6) is 4.52. The molecule has 0 atom stereocenters. The molecule has 1 aromatic heterocycles. The molecule has 0 aliphatic carbocycles. The van der Waals surface area contributed by atoms with Crippen LogP contribution in [0.25, 0.3) is 11.3 Å². The minimum Gasteiger partial charge on any atom is -0.290 e. The first-order valence-corrected chi connectivity index (χ1v) is 6.68. The number of benzene rings is 1. The monoisotopic (exact) mass is 286 g/mol. The van der Waals surface area contributed by atoms with Crippen molar-refractivity contribution < 1.29 is 4.79 Å². The molecule has 1 amide bonds. The number of carbonyl (C=O) groups is 1. The Kier molecular flexibility index (Phi) is 4.18. The van der Waals surface area contributed by atoms with Crippen LogP contribution in [0.3, 0.4) is 0 Å². The Morgan fingerprint density at radius 1 is 1.33 bits per heavy atom. The highest BCUT2D eigenvalue weighted by Gasteiger charge is 2.15. The largest absolute Gasteiger partial charge is 0.290 e. The van der Waals surface area contributed by atoms with E-state index in [4.69, 9.17) is 5.84 Å². The highest BCUT2D eigenvalue weighted by atomic mass is 16.2. The van der Waals surface area contributed by atoms with Gasteiger partial charge in [0.15, 0.2) is 0 Å². The molecule has 3 N–H and O–H groups in total. The Morgan fingerprint density at radius 2 is 2.05 bits per heavy atom. The number of nitrogens with one attached hydrogen (secondary N) is 1. The van der Waals surface area contributed by atoms with Crippen LogP contribution >= 0.6 is 0 Å². The van der Waals surface area contributed by atoms with Crippen LogP contribution in [-0.2, 0) is 6.54 Å². The number of nitrogens with zero attached hydrogens (tertiary/aromatic N) is 2. The normalized spacial score (nSPS) is 10.5. The molecular formula is C15H18N4O2. The van der Waals surface area contributed by atoms with Crippen LogP contribution in [0, 0.1) is 13.8 Å². The van der Waals surface area contributed by atoms with Gasteiger partial charge < -0.3 is 0 Å². The fourth-order valence-corrected chi connectivity index (χ4v) is 2.23. The van der Waals surface area contributed by atoms with Gasteiger partial charge in [-0.15, -0.1) is 0 Å². The third-order valence-corrected chi connectivity index (χ3v) is 3.31. The Hall–Kier alpha value is -2.47. The number of nitrogen functional groups attached to an aromatic ring is 1. The molecule has 0 unspecified atom stereocenters. The quantitative estimate of drug-likeness (QED) is 0.503. The van der Waals surface area contributed by atoms with Gasteiger partial charge in [0, 0.05) is 12.1 Å². The second-order valence-corrected chi connectivity index (χ2v) is 4.86. The molecule has 6 nitrogen and oxygen atoms in total. The van der Waals surface area contributed by atoms with Gasteiger partial charge in [-0.3, -0.25) is 15.0 Å². The molecule has 0 fully saturated rings. The molecular weight excluding hydrogens is 268 g/mol. The first-order valence-electron chi connectivity index (χ1n) is 6.68. The summed E-state index contributed by atoms with van der Waals surface area (Å²) in [5, 5.41) is 4.31. The second-order valence-electron chi connectivity index (χ2n) is 4.86. The summed E-state index contributed by atoms with van der Waals surface area (Å²) in [6.45, 7) is 6.14. The van der Waals surface area contributed by atoms with E-state index in [1.165, 1.54) is 10.7 Å². The van der Waals surface area contributed by atoms with Gasteiger partial charge in [-0.2, -0.15) is 5.10 Å². The summed E-state index contributed by atoms with van der Waals surface area (Å²) < 4.78 is 1.26. The number of hydrazine groups is 1. The van der Waals surface area contributed by atoms with Gasteiger partial charge in [-0.1, -0.05) is 23.8 Å². The van der Waals surface area contributed by atoms with E-state index in [0.717, 1.165) is 16.7 Å². The zero-order chi connectivity index (χ0) is 15.6. The van der Waals surface area contributed by atoms with E-state index >= 15 is 0 Å². The second kappa shape index (κ2) is 5.88. The van der Waals surface area contributed by atoms with Gasteiger partial charge in [-0.05, 0) is 32.4 Å². The minimum atomic E-state index is -0.615. The van der Waals surface area contributed by atoms with Crippen LogP contribution in [0.2, 0.25) is 0 Å². The van der Waals surface area contributed by atoms with Crippen LogP contribution < -0.4 is 16.8 Å². The van der Waals surface area contributed by atoms with Crippen molar-refractivity contribution in [3.05, 3.63) is 51.3 Å². The summed E-state index contributed by atoms with van der Waals surface area (Å²) in [6, 6.07) is 7.41. The number of carbonyl (C=O) groups excluding carboxylic acids is 1. The number of amides is 1. The van der Waals surface area contributed by atoms with E-state index in [2.05, 4.69) is 5.10 Å². The lowest BCUT2D eigenvalue weighted by molar-refractivity contribution is 0.0951. The maximum absolute atomic E-state index is 12.1. The first kappa shape index (κ1) is 14.9. The van der Waals surface area contributed by atoms with Gasteiger partial charge in [-0.25, -0.2) is 10.5 Å². The Morgan fingerprint density at radius 3 is 2.62 bits per heavy atom. The van der Waals surface area contributed by atoms with E-state index in [1.807, 2.05) is 37.5 Å². The molecule has 0 aliphatic heterocycles. The summed E-state index contributed by atoms with van der Waals surface area (Å²) in [7, 11) is 0. The highest BCUT2D eigenvalue weighted by Crippen LogP contribution is 2.22. The molecule has 0 aliphatic rings. The molecule has 0 bridgehead atoms. The zero-order valence-electron chi connectivity index (χ0n) is 12.3. The van der Waals surface area contributed by atoms with E-state index in [1.54, 1.807) is 6.92 Å². The van der Waals surface area contributed by atoms with E-state index in [0.29, 0.717) is 12.2 Å². The fourth-order valence-electron chi connectivity index (χ4n) is 2.23. The molecule has 21 heavy (non-hydrogen) atoms. The summed E-state index contributed by atoms with van der Waals surface area (Å²) in [5.41, 5.74) is 5.16. The maximum atomic E-state index is 12.1.